The molecule has 4 rings (SSSR count). The number of carbonyl (C=O) groups excluding carboxylic acids is 2. The van der Waals surface area contributed by atoms with Gasteiger partial charge >= 0.3 is 5.97 Å². The molecule has 0 aliphatic heterocycles. The highest BCUT2D eigenvalue weighted by Gasteiger charge is 2.21. The molecule has 0 aliphatic carbocycles. The lowest BCUT2D eigenvalue weighted by Crippen LogP contribution is -2.32. The van der Waals surface area contributed by atoms with E-state index in [1.807, 2.05) is 84.9 Å². The molecule has 0 fully saturated rings. The van der Waals surface area contributed by atoms with Gasteiger partial charge in [-0.3, -0.25) is 9.59 Å². The number of hydrogen-bond donors (Lipinski definition) is 1. The van der Waals surface area contributed by atoms with Crippen molar-refractivity contribution in [2.45, 2.75) is 26.9 Å². The summed E-state index contributed by atoms with van der Waals surface area (Å²) in [4.78, 5) is 34.0. The van der Waals surface area contributed by atoms with Gasteiger partial charge in [0.2, 0.25) is 0 Å². The van der Waals surface area contributed by atoms with E-state index in [1.165, 1.54) is 0 Å². The molecule has 0 spiro atoms. The van der Waals surface area contributed by atoms with E-state index in [9.17, 15) is 9.59 Å². The van der Waals surface area contributed by atoms with Crippen molar-refractivity contribution in [3.63, 3.8) is 0 Å². The van der Waals surface area contributed by atoms with Crippen molar-refractivity contribution in [2.75, 3.05) is 13.2 Å². The maximum absolute atomic E-state index is 13.1. The standard InChI is InChI=1S/C32H29N3O4/c1-3-38-29(36)21-33-32(37)30-31(39-22-27-12-8-5-9-13-27)23(2)34-28(35-30)20-26-18-16-25(17-19-26)15-14-24-10-6-4-7-11-24/h4-13,16-19H,3,20-22H2,1-2H3,(H,33,37). The molecule has 0 aliphatic rings. The lowest BCUT2D eigenvalue weighted by Gasteiger charge is -2.15. The van der Waals surface area contributed by atoms with Gasteiger partial charge in [-0.05, 0) is 49.2 Å². The smallest absolute Gasteiger partial charge is 0.325 e. The zero-order chi connectivity index (χ0) is 27.5. The van der Waals surface area contributed by atoms with Crippen LogP contribution in [0.25, 0.3) is 0 Å². The number of hydrogen-bond acceptors (Lipinski definition) is 6. The van der Waals surface area contributed by atoms with Crippen LogP contribution in [-0.4, -0.2) is 35.0 Å². The second-order valence-corrected chi connectivity index (χ2v) is 8.65. The fourth-order valence-corrected chi connectivity index (χ4v) is 3.76. The maximum atomic E-state index is 13.1. The fraction of sp³-hybridized carbons (Fsp3) is 0.188. The number of benzene rings is 3. The molecule has 1 N–H and O–H groups in total. The van der Waals surface area contributed by atoms with Gasteiger partial charge in [0.1, 0.15) is 19.0 Å². The molecule has 0 atom stereocenters. The lowest BCUT2D eigenvalue weighted by atomic mass is 10.1. The third kappa shape index (κ3) is 8.01. The minimum Gasteiger partial charge on any atom is -0.485 e. The van der Waals surface area contributed by atoms with E-state index in [2.05, 4.69) is 27.1 Å². The van der Waals surface area contributed by atoms with Gasteiger partial charge < -0.3 is 14.8 Å². The first kappa shape index (κ1) is 27.1. The number of rotatable bonds is 9. The summed E-state index contributed by atoms with van der Waals surface area (Å²) in [5.41, 5.74) is 4.35. The Bertz CT molecular complexity index is 1480. The molecule has 0 bridgehead atoms. The summed E-state index contributed by atoms with van der Waals surface area (Å²) in [6, 6.07) is 27.2. The summed E-state index contributed by atoms with van der Waals surface area (Å²) in [6.07, 6.45) is 0.407. The Hall–Kier alpha value is -4.96. The fourth-order valence-electron chi connectivity index (χ4n) is 3.76. The number of ether oxygens (including phenoxy) is 2. The van der Waals surface area contributed by atoms with Crippen molar-refractivity contribution < 1.29 is 19.1 Å². The molecule has 1 aromatic heterocycles. The third-order valence-corrected chi connectivity index (χ3v) is 5.66. The second-order valence-electron chi connectivity index (χ2n) is 8.65. The molecule has 4 aromatic rings. The number of aryl methyl sites for hydroxylation is 1. The van der Waals surface area contributed by atoms with Gasteiger partial charge in [0.05, 0.1) is 12.3 Å². The largest absolute Gasteiger partial charge is 0.485 e. The molecule has 1 heterocycles. The van der Waals surface area contributed by atoms with E-state index < -0.39 is 11.9 Å². The van der Waals surface area contributed by atoms with E-state index in [0.717, 1.165) is 22.3 Å². The van der Waals surface area contributed by atoms with Crippen LogP contribution in [0.3, 0.4) is 0 Å². The molecule has 7 heteroatoms. The molecule has 0 saturated heterocycles. The number of nitrogens with one attached hydrogen (secondary N) is 1. The predicted molar refractivity (Wildman–Crippen MR) is 148 cm³/mol. The summed E-state index contributed by atoms with van der Waals surface area (Å²) in [5, 5.41) is 2.58. The monoisotopic (exact) mass is 519 g/mol. The van der Waals surface area contributed by atoms with Crippen LogP contribution in [0.5, 0.6) is 5.75 Å². The average Bonchev–Trinajstić information content (AvgIpc) is 2.96. The molecule has 0 unspecified atom stereocenters. The van der Waals surface area contributed by atoms with Crippen LogP contribution >= 0.6 is 0 Å². The minimum atomic E-state index is -0.538. The Morgan fingerprint density at radius 1 is 0.821 bits per heavy atom. The minimum absolute atomic E-state index is 0.0723. The molecule has 7 nitrogen and oxygen atoms in total. The molecule has 1 amide bonds. The summed E-state index contributed by atoms with van der Waals surface area (Å²) < 4.78 is 10.9. The van der Waals surface area contributed by atoms with Crippen molar-refractivity contribution in [1.82, 2.24) is 15.3 Å². The number of aromatic nitrogens is 2. The lowest BCUT2D eigenvalue weighted by molar-refractivity contribution is -0.141. The average molecular weight is 520 g/mol. The van der Waals surface area contributed by atoms with Crippen LogP contribution in [0, 0.1) is 18.8 Å². The van der Waals surface area contributed by atoms with Crippen LogP contribution in [0.2, 0.25) is 0 Å². The Labute approximate surface area is 228 Å². The molecular formula is C32H29N3O4. The first-order valence-electron chi connectivity index (χ1n) is 12.7. The van der Waals surface area contributed by atoms with Gasteiger partial charge in [0.25, 0.3) is 5.91 Å². The zero-order valence-corrected chi connectivity index (χ0v) is 21.9. The maximum Gasteiger partial charge on any atom is 0.325 e. The number of esters is 1. The first-order chi connectivity index (χ1) is 19.0. The summed E-state index contributed by atoms with van der Waals surface area (Å²) >= 11 is 0. The molecule has 3 aromatic carbocycles. The predicted octanol–water partition coefficient (Wildman–Crippen LogP) is 4.65. The van der Waals surface area contributed by atoms with E-state index in [-0.39, 0.29) is 31.2 Å². The Kier molecular flexibility index (Phi) is 9.41. The summed E-state index contributed by atoms with van der Waals surface area (Å²) in [7, 11) is 0. The van der Waals surface area contributed by atoms with Gasteiger partial charge in [-0.25, -0.2) is 9.97 Å². The highest BCUT2D eigenvalue weighted by atomic mass is 16.5. The van der Waals surface area contributed by atoms with Crippen LogP contribution in [-0.2, 0) is 22.6 Å². The third-order valence-electron chi connectivity index (χ3n) is 5.66. The Balaban J connectivity index is 1.54. The van der Waals surface area contributed by atoms with Crippen LogP contribution in [0.1, 0.15) is 51.2 Å². The zero-order valence-electron chi connectivity index (χ0n) is 21.9. The number of amides is 1. The second kappa shape index (κ2) is 13.5. The first-order valence-corrected chi connectivity index (χ1v) is 12.7. The van der Waals surface area contributed by atoms with Crippen molar-refractivity contribution in [3.05, 3.63) is 124 Å². The van der Waals surface area contributed by atoms with E-state index in [1.54, 1.807) is 13.8 Å². The van der Waals surface area contributed by atoms with Crippen LogP contribution in [0.15, 0.2) is 84.9 Å². The van der Waals surface area contributed by atoms with Crippen molar-refractivity contribution in [1.29, 1.82) is 0 Å². The van der Waals surface area contributed by atoms with E-state index >= 15 is 0 Å². The van der Waals surface area contributed by atoms with Crippen LogP contribution in [0.4, 0.5) is 0 Å². The van der Waals surface area contributed by atoms with E-state index in [0.29, 0.717) is 17.9 Å². The molecule has 196 valence electrons. The highest BCUT2D eigenvalue weighted by molar-refractivity contribution is 5.96. The van der Waals surface area contributed by atoms with Crippen molar-refractivity contribution in [2.24, 2.45) is 0 Å². The molecular weight excluding hydrogens is 490 g/mol. The molecule has 0 radical (unpaired) electrons. The van der Waals surface area contributed by atoms with Gasteiger partial charge in [-0.1, -0.05) is 72.5 Å². The van der Waals surface area contributed by atoms with Crippen molar-refractivity contribution in [3.8, 4) is 17.6 Å². The summed E-state index contributed by atoms with van der Waals surface area (Å²) in [5.74, 6) is 5.98. The van der Waals surface area contributed by atoms with Gasteiger partial charge in [-0.15, -0.1) is 0 Å². The van der Waals surface area contributed by atoms with Gasteiger partial charge in [0.15, 0.2) is 11.4 Å². The van der Waals surface area contributed by atoms with Crippen molar-refractivity contribution >= 4 is 11.9 Å². The van der Waals surface area contributed by atoms with Gasteiger partial charge in [-0.2, -0.15) is 0 Å². The van der Waals surface area contributed by atoms with Crippen LogP contribution < -0.4 is 10.1 Å². The molecule has 39 heavy (non-hydrogen) atoms. The van der Waals surface area contributed by atoms with E-state index in [4.69, 9.17) is 9.47 Å². The Morgan fingerprint density at radius 3 is 2.13 bits per heavy atom. The Morgan fingerprint density at radius 2 is 1.46 bits per heavy atom. The number of carbonyl (C=O) groups is 2. The van der Waals surface area contributed by atoms with Gasteiger partial charge in [0, 0.05) is 17.5 Å². The quantitative estimate of drug-likeness (QED) is 0.256. The molecule has 0 saturated carbocycles. The number of nitrogens with zero attached hydrogens (tertiary/aromatic N) is 2. The topological polar surface area (TPSA) is 90.4 Å². The summed E-state index contributed by atoms with van der Waals surface area (Å²) in [6.45, 7) is 3.68. The normalized spacial score (nSPS) is 10.2. The SMILES string of the molecule is CCOC(=O)CNC(=O)c1nc(Cc2ccc(C#Cc3ccccc3)cc2)nc(C)c1OCc1ccccc1. The highest BCUT2D eigenvalue weighted by Crippen LogP contribution is 2.23.